The first-order valence-corrected chi connectivity index (χ1v) is 9.93. The molecule has 0 spiro atoms. The van der Waals surface area contributed by atoms with Crippen LogP contribution in [0.2, 0.25) is 0 Å². The van der Waals surface area contributed by atoms with Gasteiger partial charge in [0.2, 0.25) is 15.9 Å². The molecule has 1 aromatic carbocycles. The number of nitrogens with one attached hydrogen (secondary N) is 1. The lowest BCUT2D eigenvalue weighted by atomic mass is 10.2. The molecule has 1 N–H and O–H groups in total. The van der Waals surface area contributed by atoms with Gasteiger partial charge in [-0.1, -0.05) is 19.1 Å². The smallest absolute Gasteiger partial charge is 0.243 e. The van der Waals surface area contributed by atoms with Gasteiger partial charge in [-0.2, -0.15) is 4.31 Å². The first kappa shape index (κ1) is 17.7. The number of carbonyl (C=O) groups excluding carboxylic acids is 1. The van der Waals surface area contributed by atoms with Crippen LogP contribution < -0.4 is 0 Å². The van der Waals surface area contributed by atoms with Gasteiger partial charge >= 0.3 is 0 Å². The number of nitrogens with zero attached hydrogens (tertiary/aromatic N) is 2. The summed E-state index contributed by atoms with van der Waals surface area (Å²) in [6, 6.07) is 8.90. The number of aromatic amines is 1. The number of hydrogen-bond donors (Lipinski definition) is 1. The van der Waals surface area contributed by atoms with Crippen LogP contribution in [-0.4, -0.2) is 54.7 Å². The molecule has 1 aliphatic heterocycles. The van der Waals surface area contributed by atoms with Crippen molar-refractivity contribution in [2.45, 2.75) is 24.7 Å². The third kappa shape index (κ3) is 3.93. The van der Waals surface area contributed by atoms with Gasteiger partial charge in [0.15, 0.2) is 0 Å². The minimum Gasteiger partial charge on any atom is -0.367 e. The monoisotopic (exact) mass is 361 g/mol. The topological polar surface area (TPSA) is 73.5 Å². The van der Waals surface area contributed by atoms with Crippen molar-refractivity contribution in [1.29, 1.82) is 0 Å². The van der Waals surface area contributed by atoms with Crippen molar-refractivity contribution in [1.82, 2.24) is 14.2 Å². The standard InChI is InChI=1S/C18H23N3O3S/c1-2-15-3-5-17(6-4-15)25(23,24)21-11-9-20(10-12-21)18(22)13-16-7-8-19-14-16/h3-8,14,19H,2,9-13H2,1H3. The molecule has 0 aliphatic carbocycles. The number of benzene rings is 1. The molecule has 0 radical (unpaired) electrons. The number of aromatic nitrogens is 1. The van der Waals surface area contributed by atoms with Gasteiger partial charge in [-0.3, -0.25) is 4.79 Å². The Morgan fingerprint density at radius 2 is 1.72 bits per heavy atom. The zero-order chi connectivity index (χ0) is 17.9. The quantitative estimate of drug-likeness (QED) is 0.880. The predicted molar refractivity (Wildman–Crippen MR) is 95.7 cm³/mol. The van der Waals surface area contributed by atoms with Crippen molar-refractivity contribution in [3.63, 3.8) is 0 Å². The molecule has 2 aromatic rings. The lowest BCUT2D eigenvalue weighted by molar-refractivity contribution is -0.131. The van der Waals surface area contributed by atoms with E-state index in [-0.39, 0.29) is 5.91 Å². The average Bonchev–Trinajstić information content (AvgIpc) is 3.15. The number of H-pyrrole nitrogens is 1. The summed E-state index contributed by atoms with van der Waals surface area (Å²) in [5, 5.41) is 0. The first-order chi connectivity index (χ1) is 12.0. The average molecular weight is 361 g/mol. The van der Waals surface area contributed by atoms with E-state index in [1.165, 1.54) is 4.31 Å². The van der Waals surface area contributed by atoms with Gasteiger partial charge in [0.25, 0.3) is 0 Å². The van der Waals surface area contributed by atoms with E-state index in [9.17, 15) is 13.2 Å². The van der Waals surface area contributed by atoms with E-state index >= 15 is 0 Å². The van der Waals surface area contributed by atoms with Crippen LogP contribution >= 0.6 is 0 Å². The molecule has 0 unspecified atom stereocenters. The van der Waals surface area contributed by atoms with E-state index in [4.69, 9.17) is 0 Å². The molecular formula is C18H23N3O3S. The van der Waals surface area contributed by atoms with Crippen LogP contribution in [0.1, 0.15) is 18.1 Å². The Bertz CT molecular complexity index is 806. The summed E-state index contributed by atoms with van der Waals surface area (Å²) in [6.07, 6.45) is 4.81. The SMILES string of the molecule is CCc1ccc(S(=O)(=O)N2CCN(C(=O)Cc3cc[nH]c3)CC2)cc1. The van der Waals surface area contributed by atoms with Crippen LogP contribution in [0.5, 0.6) is 0 Å². The third-order valence-electron chi connectivity index (χ3n) is 4.58. The fraction of sp³-hybridized carbons (Fsp3) is 0.389. The van der Waals surface area contributed by atoms with Crippen LogP contribution in [0.3, 0.4) is 0 Å². The Labute approximate surface area is 148 Å². The van der Waals surface area contributed by atoms with E-state index in [0.29, 0.717) is 37.5 Å². The number of rotatable bonds is 5. The number of amides is 1. The van der Waals surface area contributed by atoms with Crippen LogP contribution in [0, 0.1) is 0 Å². The summed E-state index contributed by atoms with van der Waals surface area (Å²) in [6.45, 7) is 3.55. The highest BCUT2D eigenvalue weighted by Gasteiger charge is 2.30. The van der Waals surface area contributed by atoms with Gasteiger partial charge in [-0.25, -0.2) is 8.42 Å². The Balaban J connectivity index is 1.61. The van der Waals surface area contributed by atoms with Crippen LogP contribution in [-0.2, 0) is 27.7 Å². The highest BCUT2D eigenvalue weighted by molar-refractivity contribution is 7.89. The van der Waals surface area contributed by atoms with Gasteiger partial charge in [0, 0.05) is 38.6 Å². The van der Waals surface area contributed by atoms with Crippen molar-refractivity contribution < 1.29 is 13.2 Å². The zero-order valence-electron chi connectivity index (χ0n) is 14.3. The summed E-state index contributed by atoms with van der Waals surface area (Å²) in [4.78, 5) is 17.3. The minimum atomic E-state index is -3.50. The lowest BCUT2D eigenvalue weighted by Crippen LogP contribution is -2.50. The maximum atomic E-state index is 12.7. The van der Waals surface area contributed by atoms with Crippen molar-refractivity contribution in [3.05, 3.63) is 53.9 Å². The second kappa shape index (κ2) is 7.41. The van der Waals surface area contributed by atoms with Crippen molar-refractivity contribution in [2.75, 3.05) is 26.2 Å². The summed E-state index contributed by atoms with van der Waals surface area (Å²) in [5.74, 6) is 0.0314. The fourth-order valence-corrected chi connectivity index (χ4v) is 4.40. The molecule has 2 heterocycles. The van der Waals surface area contributed by atoms with E-state index in [1.807, 2.05) is 25.1 Å². The Morgan fingerprint density at radius 1 is 1.04 bits per heavy atom. The third-order valence-corrected chi connectivity index (χ3v) is 6.49. The van der Waals surface area contributed by atoms with Gasteiger partial charge in [0.1, 0.15) is 0 Å². The normalized spacial score (nSPS) is 16.1. The molecule has 1 aromatic heterocycles. The minimum absolute atomic E-state index is 0.0314. The highest BCUT2D eigenvalue weighted by Crippen LogP contribution is 2.19. The summed E-state index contributed by atoms with van der Waals surface area (Å²) in [7, 11) is -3.50. The van der Waals surface area contributed by atoms with Gasteiger partial charge in [-0.05, 0) is 35.7 Å². The summed E-state index contributed by atoms with van der Waals surface area (Å²) >= 11 is 0. The highest BCUT2D eigenvalue weighted by atomic mass is 32.2. The molecule has 6 nitrogen and oxygen atoms in total. The van der Waals surface area contributed by atoms with Gasteiger partial charge in [-0.15, -0.1) is 0 Å². The van der Waals surface area contributed by atoms with Crippen molar-refractivity contribution >= 4 is 15.9 Å². The number of piperazine rings is 1. The molecule has 0 atom stereocenters. The van der Waals surface area contributed by atoms with Crippen LogP contribution in [0.25, 0.3) is 0 Å². The molecule has 7 heteroatoms. The Kier molecular flexibility index (Phi) is 5.24. The fourth-order valence-electron chi connectivity index (χ4n) is 2.98. The van der Waals surface area contributed by atoms with Gasteiger partial charge in [0.05, 0.1) is 11.3 Å². The molecule has 134 valence electrons. The predicted octanol–water partition coefficient (Wildman–Crippen LogP) is 1.65. The van der Waals surface area contributed by atoms with Gasteiger partial charge < -0.3 is 9.88 Å². The maximum Gasteiger partial charge on any atom is 0.243 e. The molecule has 0 saturated carbocycles. The summed E-state index contributed by atoms with van der Waals surface area (Å²) in [5.41, 5.74) is 2.05. The number of carbonyl (C=O) groups is 1. The zero-order valence-corrected chi connectivity index (χ0v) is 15.1. The Morgan fingerprint density at radius 3 is 2.28 bits per heavy atom. The largest absolute Gasteiger partial charge is 0.367 e. The maximum absolute atomic E-state index is 12.7. The molecular weight excluding hydrogens is 338 g/mol. The lowest BCUT2D eigenvalue weighted by Gasteiger charge is -2.34. The second-order valence-corrected chi connectivity index (χ2v) is 8.12. The molecule has 1 fully saturated rings. The van der Waals surface area contributed by atoms with E-state index in [1.54, 1.807) is 29.4 Å². The molecule has 1 amide bonds. The Hall–Kier alpha value is -2.12. The van der Waals surface area contributed by atoms with Crippen LogP contribution in [0.15, 0.2) is 47.6 Å². The van der Waals surface area contributed by atoms with E-state index < -0.39 is 10.0 Å². The molecule has 25 heavy (non-hydrogen) atoms. The number of sulfonamides is 1. The second-order valence-electron chi connectivity index (χ2n) is 6.18. The molecule has 1 saturated heterocycles. The first-order valence-electron chi connectivity index (χ1n) is 8.49. The summed E-state index contributed by atoms with van der Waals surface area (Å²) < 4.78 is 26.9. The molecule has 1 aliphatic rings. The number of aryl methyl sites for hydroxylation is 1. The number of hydrogen-bond acceptors (Lipinski definition) is 3. The molecule has 0 bridgehead atoms. The van der Waals surface area contributed by atoms with E-state index in [0.717, 1.165) is 17.5 Å². The van der Waals surface area contributed by atoms with E-state index in [2.05, 4.69) is 4.98 Å². The molecule has 3 rings (SSSR count). The van der Waals surface area contributed by atoms with Crippen LogP contribution in [0.4, 0.5) is 0 Å². The van der Waals surface area contributed by atoms with Crippen molar-refractivity contribution in [2.24, 2.45) is 0 Å². The van der Waals surface area contributed by atoms with Crippen molar-refractivity contribution in [3.8, 4) is 0 Å².